The van der Waals surface area contributed by atoms with Crippen molar-refractivity contribution in [2.24, 2.45) is 0 Å². The molecule has 0 unspecified atom stereocenters. The van der Waals surface area contributed by atoms with Crippen LogP contribution in [0.15, 0.2) is 138 Å². The van der Waals surface area contributed by atoms with Gasteiger partial charge in [-0.1, -0.05) is 121 Å². The lowest BCUT2D eigenvalue weighted by atomic mass is 9.86. The topological polar surface area (TPSA) is 12.9 Å². The van der Waals surface area contributed by atoms with E-state index in [1.165, 1.54) is 60.1 Å². The predicted molar refractivity (Wildman–Crippen MR) is 161 cm³/mol. The fourth-order valence-corrected chi connectivity index (χ4v) is 5.80. The first-order valence-corrected chi connectivity index (χ1v) is 13.2. The molecule has 6 aromatic carbocycles. The molecule has 0 saturated carbocycles. The summed E-state index contributed by atoms with van der Waals surface area (Å²) < 4.78 is 0.841. The van der Waals surface area contributed by atoms with Crippen LogP contribution in [0.4, 0.5) is 0 Å². The van der Waals surface area contributed by atoms with Gasteiger partial charge in [0.25, 0.3) is 0 Å². The average molecular weight is 536 g/mol. The van der Waals surface area contributed by atoms with E-state index in [2.05, 4.69) is 142 Å². The number of nitrogens with zero attached hydrogens (tertiary/aromatic N) is 1. The summed E-state index contributed by atoms with van der Waals surface area (Å²) in [6.07, 6.45) is 1.96. The third kappa shape index (κ3) is 3.73. The molecule has 0 amide bonds. The zero-order chi connectivity index (χ0) is 24.8. The molecule has 7 aromatic rings. The second-order valence-corrected chi connectivity index (χ2v) is 10.1. The molecule has 2 heteroatoms. The highest BCUT2D eigenvalue weighted by Gasteiger charge is 2.16. The third-order valence-corrected chi connectivity index (χ3v) is 7.69. The Morgan fingerprint density at radius 2 is 0.892 bits per heavy atom. The minimum Gasteiger partial charge on any atom is -0.249 e. The Labute approximate surface area is 224 Å². The third-order valence-electron chi connectivity index (χ3n) is 7.22. The maximum Gasteiger partial charge on any atom is 0.106 e. The first-order chi connectivity index (χ1) is 18.3. The SMILES string of the molecule is Brc1ccc(-c2c3ccccc3c(-c3ccc(-c4cccc5ccccc45)cc3)c3ccccc23)cn1. The molecule has 0 atom stereocenters. The van der Waals surface area contributed by atoms with Crippen molar-refractivity contribution in [1.82, 2.24) is 4.98 Å². The normalized spacial score (nSPS) is 11.4. The molecule has 7 rings (SSSR count). The van der Waals surface area contributed by atoms with E-state index >= 15 is 0 Å². The zero-order valence-corrected chi connectivity index (χ0v) is 21.6. The first kappa shape index (κ1) is 22.0. The molecule has 0 aliphatic heterocycles. The van der Waals surface area contributed by atoms with Gasteiger partial charge in [-0.15, -0.1) is 0 Å². The molecule has 0 fully saturated rings. The van der Waals surface area contributed by atoms with Crippen molar-refractivity contribution in [2.75, 3.05) is 0 Å². The maximum atomic E-state index is 4.53. The van der Waals surface area contributed by atoms with E-state index in [1.54, 1.807) is 0 Å². The van der Waals surface area contributed by atoms with Gasteiger partial charge in [0.2, 0.25) is 0 Å². The maximum absolute atomic E-state index is 4.53. The first-order valence-electron chi connectivity index (χ1n) is 12.4. The van der Waals surface area contributed by atoms with Crippen LogP contribution in [-0.2, 0) is 0 Å². The fraction of sp³-hybridized carbons (Fsp3) is 0. The molecule has 174 valence electrons. The van der Waals surface area contributed by atoms with Gasteiger partial charge in [0.05, 0.1) is 0 Å². The highest BCUT2D eigenvalue weighted by Crippen LogP contribution is 2.44. The van der Waals surface area contributed by atoms with Crippen LogP contribution in [0.25, 0.3) is 65.7 Å². The predicted octanol–water partition coefficient (Wildman–Crippen LogP) is 10.3. The number of halogens is 1. The Hall–Kier alpha value is -4.27. The van der Waals surface area contributed by atoms with Crippen LogP contribution < -0.4 is 0 Å². The molecule has 1 aromatic heterocycles. The van der Waals surface area contributed by atoms with Gasteiger partial charge in [-0.3, -0.25) is 0 Å². The van der Waals surface area contributed by atoms with Gasteiger partial charge in [-0.25, -0.2) is 4.98 Å². The summed E-state index contributed by atoms with van der Waals surface area (Å²) in [7, 11) is 0. The van der Waals surface area contributed by atoms with Gasteiger partial charge in [0.1, 0.15) is 4.60 Å². The van der Waals surface area contributed by atoms with Crippen LogP contribution >= 0.6 is 15.9 Å². The van der Waals surface area contributed by atoms with E-state index in [4.69, 9.17) is 0 Å². The molecular formula is C35H22BrN. The second kappa shape index (κ2) is 8.99. The molecule has 0 spiro atoms. The number of rotatable bonds is 3. The highest BCUT2D eigenvalue weighted by atomic mass is 79.9. The lowest BCUT2D eigenvalue weighted by molar-refractivity contribution is 1.28. The molecule has 0 N–H and O–H groups in total. The van der Waals surface area contributed by atoms with Gasteiger partial charge in [0.15, 0.2) is 0 Å². The molecule has 1 heterocycles. The van der Waals surface area contributed by atoms with Gasteiger partial charge >= 0.3 is 0 Å². The van der Waals surface area contributed by atoms with Crippen LogP contribution in [0.2, 0.25) is 0 Å². The smallest absolute Gasteiger partial charge is 0.106 e. The number of benzene rings is 6. The molecule has 0 bridgehead atoms. The summed E-state index contributed by atoms with van der Waals surface area (Å²) in [5.41, 5.74) is 7.32. The Balaban J connectivity index is 1.47. The molecule has 0 aliphatic rings. The van der Waals surface area contributed by atoms with Crippen LogP contribution in [0.1, 0.15) is 0 Å². The van der Waals surface area contributed by atoms with Gasteiger partial charge in [-0.05, 0) is 82.1 Å². The van der Waals surface area contributed by atoms with Gasteiger partial charge in [-0.2, -0.15) is 0 Å². The minimum atomic E-state index is 0.841. The van der Waals surface area contributed by atoms with Crippen molar-refractivity contribution >= 4 is 48.2 Å². The van der Waals surface area contributed by atoms with E-state index in [-0.39, 0.29) is 0 Å². The Morgan fingerprint density at radius 1 is 0.405 bits per heavy atom. The number of aromatic nitrogens is 1. The van der Waals surface area contributed by atoms with Gasteiger partial charge in [0, 0.05) is 11.8 Å². The minimum absolute atomic E-state index is 0.841. The van der Waals surface area contributed by atoms with Crippen LogP contribution in [0.3, 0.4) is 0 Å². The Morgan fingerprint density at radius 3 is 1.49 bits per heavy atom. The summed E-state index contributed by atoms with van der Waals surface area (Å²) in [4.78, 5) is 4.53. The number of fused-ring (bicyclic) bond motifs is 3. The fourth-order valence-electron chi connectivity index (χ4n) is 5.57. The van der Waals surface area contributed by atoms with Crippen molar-refractivity contribution in [3.63, 3.8) is 0 Å². The van der Waals surface area contributed by atoms with E-state index in [0.717, 1.165) is 10.2 Å². The van der Waals surface area contributed by atoms with Crippen molar-refractivity contribution in [2.45, 2.75) is 0 Å². The van der Waals surface area contributed by atoms with E-state index in [9.17, 15) is 0 Å². The second-order valence-electron chi connectivity index (χ2n) is 9.31. The summed E-state index contributed by atoms with van der Waals surface area (Å²) in [5.74, 6) is 0. The van der Waals surface area contributed by atoms with Crippen LogP contribution in [0, 0.1) is 0 Å². The summed E-state index contributed by atoms with van der Waals surface area (Å²) >= 11 is 3.48. The summed E-state index contributed by atoms with van der Waals surface area (Å²) in [5, 5.41) is 7.51. The molecule has 37 heavy (non-hydrogen) atoms. The average Bonchev–Trinajstić information content (AvgIpc) is 2.96. The molecule has 0 radical (unpaired) electrons. The quantitative estimate of drug-likeness (QED) is 0.162. The van der Waals surface area contributed by atoms with E-state index in [1.807, 2.05) is 12.3 Å². The number of pyridine rings is 1. The molecular weight excluding hydrogens is 514 g/mol. The van der Waals surface area contributed by atoms with Crippen molar-refractivity contribution in [3.8, 4) is 33.4 Å². The van der Waals surface area contributed by atoms with E-state index < -0.39 is 0 Å². The molecule has 0 aliphatic carbocycles. The molecule has 1 nitrogen and oxygen atoms in total. The summed E-state index contributed by atoms with van der Waals surface area (Å²) in [6.45, 7) is 0. The van der Waals surface area contributed by atoms with Crippen molar-refractivity contribution < 1.29 is 0 Å². The van der Waals surface area contributed by atoms with Gasteiger partial charge < -0.3 is 0 Å². The summed E-state index contributed by atoms with van der Waals surface area (Å²) in [6, 6.07) is 45.8. The van der Waals surface area contributed by atoms with Crippen molar-refractivity contribution in [3.05, 3.63) is 138 Å². The number of hydrogen-bond acceptors (Lipinski definition) is 1. The Bertz CT molecular complexity index is 1860. The zero-order valence-electron chi connectivity index (χ0n) is 20.0. The van der Waals surface area contributed by atoms with Crippen LogP contribution in [0.5, 0.6) is 0 Å². The highest BCUT2D eigenvalue weighted by molar-refractivity contribution is 9.10. The largest absolute Gasteiger partial charge is 0.249 e. The lowest BCUT2D eigenvalue weighted by Gasteiger charge is -2.18. The number of hydrogen-bond donors (Lipinski definition) is 0. The monoisotopic (exact) mass is 535 g/mol. The standard InChI is InChI=1S/C35H22BrN/c36-33-21-20-26(22-37-33)35-31-13-5-3-11-29(31)34(30-12-4-6-14-32(30)35)25-18-16-24(17-19-25)28-15-7-9-23-8-1-2-10-27(23)28/h1-22H. The lowest BCUT2D eigenvalue weighted by Crippen LogP contribution is -1.91. The van der Waals surface area contributed by atoms with E-state index in [0.29, 0.717) is 0 Å². The van der Waals surface area contributed by atoms with Crippen LogP contribution in [-0.4, -0.2) is 4.98 Å². The molecule has 0 saturated heterocycles. The Kier molecular flexibility index (Phi) is 5.34. The van der Waals surface area contributed by atoms with Crippen molar-refractivity contribution in [1.29, 1.82) is 0 Å².